The minimum Gasteiger partial charge on any atom is -0.394 e. The molecule has 1 spiro atoms. The highest BCUT2D eigenvalue weighted by molar-refractivity contribution is 6.07. The summed E-state index contributed by atoms with van der Waals surface area (Å²) in [6.45, 7) is 13.8. The lowest BCUT2D eigenvalue weighted by Gasteiger charge is -2.40. The maximum Gasteiger partial charge on any atom is 0.253 e. The summed E-state index contributed by atoms with van der Waals surface area (Å²) in [5, 5.41) is 10.9. The zero-order valence-electron chi connectivity index (χ0n) is 28.0. The number of aliphatic hydroxyl groups is 1. The molecule has 0 saturated carbocycles. The second-order valence-corrected chi connectivity index (χ2v) is 13.6. The lowest BCUT2D eigenvalue weighted by atomic mass is 9.66. The molecular formula is C40H45N3O5. The van der Waals surface area contributed by atoms with Gasteiger partial charge in [0.05, 0.1) is 30.1 Å². The Morgan fingerprint density at radius 1 is 0.958 bits per heavy atom. The minimum atomic E-state index is -1.26. The molecule has 3 heterocycles. The quantitative estimate of drug-likeness (QED) is 0.266. The minimum absolute atomic E-state index is 0.214. The number of benzene rings is 3. The summed E-state index contributed by atoms with van der Waals surface area (Å²) in [4.78, 5) is 49.9. The fraction of sp³-hybridized carbons (Fsp3) is 0.375. The summed E-state index contributed by atoms with van der Waals surface area (Å²) in [7, 11) is 0. The van der Waals surface area contributed by atoms with Gasteiger partial charge in [-0.3, -0.25) is 14.4 Å². The molecule has 3 amide bonds. The summed E-state index contributed by atoms with van der Waals surface area (Å²) >= 11 is 0. The molecule has 3 fully saturated rings. The van der Waals surface area contributed by atoms with Crippen molar-refractivity contribution in [2.75, 3.05) is 29.5 Å². The summed E-state index contributed by atoms with van der Waals surface area (Å²) in [5.41, 5.74) is 2.01. The molecule has 2 unspecified atom stereocenters. The molecule has 48 heavy (non-hydrogen) atoms. The Kier molecular flexibility index (Phi) is 9.16. The molecular weight excluding hydrogens is 602 g/mol. The Balaban J connectivity index is 1.49. The Morgan fingerprint density at radius 3 is 2.25 bits per heavy atom. The fourth-order valence-electron chi connectivity index (χ4n) is 8.37. The van der Waals surface area contributed by atoms with Crippen LogP contribution in [-0.2, 0) is 25.5 Å². The van der Waals surface area contributed by atoms with E-state index >= 15 is 9.59 Å². The van der Waals surface area contributed by atoms with Crippen molar-refractivity contribution in [2.45, 2.75) is 63.3 Å². The average Bonchev–Trinajstić information content (AvgIpc) is 3.67. The summed E-state index contributed by atoms with van der Waals surface area (Å²) < 4.78 is 6.98. The number of aliphatic hydroxyl groups excluding tert-OH is 1. The van der Waals surface area contributed by atoms with Gasteiger partial charge in [-0.25, -0.2) is 0 Å². The zero-order valence-corrected chi connectivity index (χ0v) is 28.0. The number of fused-ring (bicyclic) bond motifs is 1. The smallest absolute Gasteiger partial charge is 0.253 e. The summed E-state index contributed by atoms with van der Waals surface area (Å²) in [5.74, 6) is -2.64. The first-order chi connectivity index (χ1) is 23.1. The molecule has 3 aromatic rings. The predicted molar refractivity (Wildman–Crippen MR) is 188 cm³/mol. The second kappa shape index (κ2) is 13.2. The van der Waals surface area contributed by atoms with E-state index in [0.29, 0.717) is 24.9 Å². The molecule has 3 aromatic carbocycles. The van der Waals surface area contributed by atoms with Gasteiger partial charge in [-0.2, -0.15) is 0 Å². The number of para-hydroxylation sites is 1. The lowest BCUT2D eigenvalue weighted by molar-refractivity contribution is -0.148. The molecule has 6 rings (SSSR count). The average molecular weight is 648 g/mol. The van der Waals surface area contributed by atoms with Gasteiger partial charge in [0.25, 0.3) is 5.91 Å². The maximum atomic E-state index is 15.2. The molecule has 2 bridgehead atoms. The van der Waals surface area contributed by atoms with Crippen molar-refractivity contribution in [3.05, 3.63) is 121 Å². The first-order valence-corrected chi connectivity index (χ1v) is 16.7. The zero-order chi connectivity index (χ0) is 34.2. The Morgan fingerprint density at radius 2 is 1.60 bits per heavy atom. The molecule has 250 valence electrons. The number of hydrogen-bond acceptors (Lipinski definition) is 5. The van der Waals surface area contributed by atoms with Gasteiger partial charge in [0.1, 0.15) is 11.6 Å². The number of carbonyl (C=O) groups is 3. The summed E-state index contributed by atoms with van der Waals surface area (Å²) in [6.07, 6.45) is 4.63. The molecule has 3 aliphatic heterocycles. The van der Waals surface area contributed by atoms with E-state index in [1.54, 1.807) is 26.9 Å². The van der Waals surface area contributed by atoms with Crippen LogP contribution in [0.5, 0.6) is 0 Å². The first-order valence-electron chi connectivity index (χ1n) is 16.7. The van der Waals surface area contributed by atoms with Crippen LogP contribution in [0, 0.1) is 25.7 Å². The Bertz CT molecular complexity index is 1710. The van der Waals surface area contributed by atoms with E-state index in [2.05, 4.69) is 13.2 Å². The first kappa shape index (κ1) is 33.4. The molecule has 3 aliphatic rings. The second-order valence-electron chi connectivity index (χ2n) is 13.6. The fourth-order valence-corrected chi connectivity index (χ4v) is 8.37. The van der Waals surface area contributed by atoms with Gasteiger partial charge in [0.15, 0.2) is 0 Å². The van der Waals surface area contributed by atoms with Gasteiger partial charge in [0.2, 0.25) is 11.8 Å². The number of hydrogen-bond donors (Lipinski definition) is 1. The molecule has 1 N–H and O–H groups in total. The van der Waals surface area contributed by atoms with Gasteiger partial charge in [-0.05, 0) is 74.9 Å². The van der Waals surface area contributed by atoms with Gasteiger partial charge < -0.3 is 24.5 Å². The molecule has 8 nitrogen and oxygen atoms in total. The highest BCUT2D eigenvalue weighted by Crippen LogP contribution is 2.64. The summed E-state index contributed by atoms with van der Waals surface area (Å²) in [6, 6.07) is 23.1. The highest BCUT2D eigenvalue weighted by atomic mass is 16.5. The van der Waals surface area contributed by atoms with Crippen LogP contribution in [0.1, 0.15) is 36.5 Å². The van der Waals surface area contributed by atoms with E-state index in [4.69, 9.17) is 4.74 Å². The van der Waals surface area contributed by atoms with Crippen molar-refractivity contribution in [1.29, 1.82) is 0 Å². The van der Waals surface area contributed by atoms with Crippen molar-refractivity contribution in [2.24, 2.45) is 11.8 Å². The number of nitrogens with zero attached hydrogens (tertiary/aromatic N) is 3. The number of carbonyl (C=O) groups excluding carboxylic acids is 3. The topological polar surface area (TPSA) is 90.4 Å². The number of ether oxygens (including phenoxy) is 1. The number of anilines is 2. The molecule has 3 saturated heterocycles. The number of rotatable bonds is 12. The van der Waals surface area contributed by atoms with Crippen LogP contribution in [0.2, 0.25) is 0 Å². The van der Waals surface area contributed by atoms with Crippen molar-refractivity contribution >= 4 is 29.1 Å². The van der Waals surface area contributed by atoms with Crippen molar-refractivity contribution in [3.63, 3.8) is 0 Å². The highest BCUT2D eigenvalue weighted by Gasteiger charge is 2.79. The van der Waals surface area contributed by atoms with E-state index in [1.807, 2.05) is 99.6 Å². The van der Waals surface area contributed by atoms with Crippen LogP contribution in [0.4, 0.5) is 11.4 Å². The van der Waals surface area contributed by atoms with Crippen LogP contribution in [0.3, 0.4) is 0 Å². The van der Waals surface area contributed by atoms with E-state index in [1.165, 1.54) is 0 Å². The number of likely N-dealkylation sites (tertiary alicyclic amines) is 1. The van der Waals surface area contributed by atoms with Crippen LogP contribution < -0.4 is 9.80 Å². The largest absolute Gasteiger partial charge is 0.394 e. The lowest BCUT2D eigenvalue weighted by Crippen LogP contribution is -2.59. The standard InChI is InChI=1S/C40H45N3O5/c1-6-22-41(30-16-12-9-13-17-30)36(45)33-34-37(46)43(31(26-44)25-29-14-10-8-11-15-29)35(40(34)21-20-39(33,5)48-40)38(47)42(23-7-2)32-24-27(3)18-19-28(32)4/h6-19,24,31,33-35,44H,1-2,20-23,25-26H2,3-5H3/t31-,33-,34+,35?,39+,40?/m1/s1. The third kappa shape index (κ3) is 5.47. The van der Waals surface area contributed by atoms with Crippen molar-refractivity contribution in [3.8, 4) is 0 Å². The monoisotopic (exact) mass is 647 g/mol. The van der Waals surface area contributed by atoms with Crippen molar-refractivity contribution < 1.29 is 24.2 Å². The molecule has 0 aliphatic carbocycles. The van der Waals surface area contributed by atoms with E-state index in [0.717, 1.165) is 22.4 Å². The third-order valence-corrected chi connectivity index (χ3v) is 10.5. The molecule has 8 heteroatoms. The van der Waals surface area contributed by atoms with E-state index in [-0.39, 0.29) is 37.4 Å². The molecule has 0 aromatic heterocycles. The van der Waals surface area contributed by atoms with Gasteiger partial charge in [-0.15, -0.1) is 13.2 Å². The van der Waals surface area contributed by atoms with E-state index < -0.39 is 35.1 Å². The van der Waals surface area contributed by atoms with Crippen LogP contribution in [0.25, 0.3) is 0 Å². The Labute approximate surface area is 283 Å². The number of amides is 3. The van der Waals surface area contributed by atoms with Crippen molar-refractivity contribution in [1.82, 2.24) is 4.90 Å². The van der Waals surface area contributed by atoms with Crippen LogP contribution in [0.15, 0.2) is 104 Å². The number of aryl methyl sites for hydroxylation is 2. The van der Waals surface area contributed by atoms with Gasteiger partial charge in [0, 0.05) is 24.5 Å². The Hall–Kier alpha value is -4.53. The maximum absolute atomic E-state index is 15.2. The SMILES string of the molecule is C=CCN(C(=O)[C@H]1[C@H]2C(=O)N([C@@H](CO)Cc3ccccc3)C(C(=O)N(CC=C)c3cc(C)ccc3C)C23CC[C@]1(C)O3)c1ccccc1. The van der Waals surface area contributed by atoms with Crippen LogP contribution in [-0.4, -0.2) is 70.7 Å². The normalized spacial score (nSPS) is 26.2. The van der Waals surface area contributed by atoms with E-state index in [9.17, 15) is 9.90 Å². The van der Waals surface area contributed by atoms with Gasteiger partial charge in [-0.1, -0.05) is 72.8 Å². The molecule has 0 radical (unpaired) electrons. The van der Waals surface area contributed by atoms with Gasteiger partial charge >= 0.3 is 0 Å². The van der Waals surface area contributed by atoms with Crippen LogP contribution >= 0.6 is 0 Å². The third-order valence-electron chi connectivity index (χ3n) is 10.5. The predicted octanol–water partition coefficient (Wildman–Crippen LogP) is 5.41. The molecule has 6 atom stereocenters.